The van der Waals surface area contributed by atoms with Gasteiger partial charge in [0.15, 0.2) is 0 Å². The van der Waals surface area contributed by atoms with Crippen molar-refractivity contribution in [2.24, 2.45) is 0 Å². The van der Waals surface area contributed by atoms with Crippen molar-refractivity contribution in [2.75, 3.05) is 19.8 Å². The molecule has 0 aromatic carbocycles. The largest absolute Gasteiger partial charge is 0.394 e. The quantitative estimate of drug-likeness (QED) is 0.536. The Bertz CT molecular complexity index is 84.4. The van der Waals surface area contributed by atoms with E-state index in [1.807, 2.05) is 6.92 Å². The standard InChI is InChI=1S/C6H12O3/c1-5-3-8-4-6(2-7)9-5/h5-7H,2-4H2,1H3/t5-,6+/m0/s1. The van der Waals surface area contributed by atoms with Gasteiger partial charge in [-0.15, -0.1) is 0 Å². The molecule has 1 N–H and O–H groups in total. The topological polar surface area (TPSA) is 38.7 Å². The second-order valence-corrected chi connectivity index (χ2v) is 2.29. The summed E-state index contributed by atoms with van der Waals surface area (Å²) in [5, 5.41) is 8.60. The third-order valence-electron chi connectivity index (χ3n) is 1.28. The molecule has 2 atom stereocenters. The molecule has 0 bridgehead atoms. The summed E-state index contributed by atoms with van der Waals surface area (Å²) in [6, 6.07) is 0. The molecule has 9 heavy (non-hydrogen) atoms. The molecule has 0 saturated carbocycles. The van der Waals surface area contributed by atoms with E-state index in [1.54, 1.807) is 0 Å². The number of hydrogen-bond donors (Lipinski definition) is 1. The van der Waals surface area contributed by atoms with Gasteiger partial charge in [-0.2, -0.15) is 0 Å². The third-order valence-corrected chi connectivity index (χ3v) is 1.28. The molecular weight excluding hydrogens is 120 g/mol. The average Bonchev–Trinajstić information content (AvgIpc) is 1.88. The van der Waals surface area contributed by atoms with Crippen LogP contribution >= 0.6 is 0 Å². The molecule has 0 radical (unpaired) electrons. The van der Waals surface area contributed by atoms with Crippen LogP contribution in [-0.2, 0) is 9.47 Å². The van der Waals surface area contributed by atoms with Crippen LogP contribution in [0.2, 0.25) is 0 Å². The van der Waals surface area contributed by atoms with Gasteiger partial charge in [-0.25, -0.2) is 0 Å². The van der Waals surface area contributed by atoms with Crippen molar-refractivity contribution in [1.29, 1.82) is 0 Å². The summed E-state index contributed by atoms with van der Waals surface area (Å²) < 4.78 is 10.4. The van der Waals surface area contributed by atoms with Gasteiger partial charge >= 0.3 is 0 Å². The zero-order chi connectivity index (χ0) is 6.69. The van der Waals surface area contributed by atoms with E-state index in [0.29, 0.717) is 13.2 Å². The minimum atomic E-state index is -0.103. The summed E-state index contributed by atoms with van der Waals surface area (Å²) in [6.45, 7) is 3.17. The van der Waals surface area contributed by atoms with Crippen LogP contribution in [0.3, 0.4) is 0 Å². The first-order valence-electron chi connectivity index (χ1n) is 3.17. The zero-order valence-corrected chi connectivity index (χ0v) is 5.54. The maximum absolute atomic E-state index is 8.60. The van der Waals surface area contributed by atoms with Crippen molar-refractivity contribution >= 4 is 0 Å². The monoisotopic (exact) mass is 132 g/mol. The molecule has 3 nitrogen and oxygen atoms in total. The van der Waals surface area contributed by atoms with E-state index < -0.39 is 0 Å². The van der Waals surface area contributed by atoms with E-state index in [9.17, 15) is 0 Å². The van der Waals surface area contributed by atoms with E-state index >= 15 is 0 Å². The van der Waals surface area contributed by atoms with Gasteiger partial charge in [-0.3, -0.25) is 0 Å². The third kappa shape index (κ3) is 1.93. The molecular formula is C6H12O3. The van der Waals surface area contributed by atoms with Gasteiger partial charge in [0.1, 0.15) is 6.10 Å². The van der Waals surface area contributed by atoms with E-state index in [1.165, 1.54) is 0 Å². The lowest BCUT2D eigenvalue weighted by Gasteiger charge is -2.26. The second-order valence-electron chi connectivity index (χ2n) is 2.29. The lowest BCUT2D eigenvalue weighted by atomic mass is 10.3. The first-order chi connectivity index (χ1) is 4.33. The summed E-state index contributed by atoms with van der Waals surface area (Å²) in [7, 11) is 0. The van der Waals surface area contributed by atoms with Crippen molar-refractivity contribution in [1.82, 2.24) is 0 Å². The van der Waals surface area contributed by atoms with Crippen LogP contribution in [0.4, 0.5) is 0 Å². The van der Waals surface area contributed by atoms with Crippen LogP contribution in [0, 0.1) is 0 Å². The Kier molecular flexibility index (Phi) is 2.45. The number of aliphatic hydroxyl groups is 1. The molecule has 1 heterocycles. The molecule has 3 heteroatoms. The minimum Gasteiger partial charge on any atom is -0.394 e. The average molecular weight is 132 g/mol. The van der Waals surface area contributed by atoms with Crippen molar-refractivity contribution in [2.45, 2.75) is 19.1 Å². The number of aliphatic hydroxyl groups excluding tert-OH is 1. The Hall–Kier alpha value is -0.120. The summed E-state index contributed by atoms with van der Waals surface area (Å²) in [5.41, 5.74) is 0. The molecule has 0 aliphatic carbocycles. The summed E-state index contributed by atoms with van der Waals surface area (Å²) in [6.07, 6.45) is 0.0321. The normalized spacial score (nSPS) is 36.7. The molecule has 1 saturated heterocycles. The van der Waals surface area contributed by atoms with Gasteiger partial charge in [-0.05, 0) is 6.92 Å². The Morgan fingerprint density at radius 3 is 2.78 bits per heavy atom. The van der Waals surface area contributed by atoms with Crippen molar-refractivity contribution in [3.63, 3.8) is 0 Å². The fourth-order valence-corrected chi connectivity index (χ4v) is 0.868. The van der Waals surface area contributed by atoms with Gasteiger partial charge in [0, 0.05) is 0 Å². The predicted octanol–water partition coefficient (Wildman–Crippen LogP) is -0.217. The zero-order valence-electron chi connectivity index (χ0n) is 5.54. The molecule has 1 aliphatic rings. The Morgan fingerprint density at radius 1 is 1.56 bits per heavy atom. The van der Waals surface area contributed by atoms with Crippen LogP contribution in [-0.4, -0.2) is 37.1 Å². The highest BCUT2D eigenvalue weighted by molar-refractivity contribution is 4.62. The van der Waals surface area contributed by atoms with Crippen molar-refractivity contribution in [3.8, 4) is 0 Å². The predicted molar refractivity (Wildman–Crippen MR) is 32.2 cm³/mol. The second kappa shape index (κ2) is 3.15. The molecule has 0 aromatic heterocycles. The molecule has 1 aliphatic heterocycles. The molecule has 0 unspecified atom stereocenters. The lowest BCUT2D eigenvalue weighted by molar-refractivity contribution is -0.143. The van der Waals surface area contributed by atoms with Gasteiger partial charge in [0.25, 0.3) is 0 Å². The maximum atomic E-state index is 8.60. The van der Waals surface area contributed by atoms with Crippen LogP contribution < -0.4 is 0 Å². The minimum absolute atomic E-state index is 0.0599. The van der Waals surface area contributed by atoms with Gasteiger partial charge in [0.05, 0.1) is 25.9 Å². The van der Waals surface area contributed by atoms with E-state index in [4.69, 9.17) is 14.6 Å². The highest BCUT2D eigenvalue weighted by atomic mass is 16.6. The van der Waals surface area contributed by atoms with Gasteiger partial charge in [0.2, 0.25) is 0 Å². The summed E-state index contributed by atoms with van der Waals surface area (Å²) >= 11 is 0. The van der Waals surface area contributed by atoms with E-state index in [2.05, 4.69) is 0 Å². The summed E-state index contributed by atoms with van der Waals surface area (Å²) in [4.78, 5) is 0. The molecule has 0 spiro atoms. The van der Waals surface area contributed by atoms with Crippen LogP contribution in [0.15, 0.2) is 0 Å². The maximum Gasteiger partial charge on any atom is 0.104 e. The molecule has 0 aromatic rings. The SMILES string of the molecule is C[C@H]1COC[C@@H](CO)O1. The van der Waals surface area contributed by atoms with Gasteiger partial charge in [-0.1, -0.05) is 0 Å². The summed E-state index contributed by atoms with van der Waals surface area (Å²) in [5.74, 6) is 0. The smallest absolute Gasteiger partial charge is 0.104 e. The van der Waals surface area contributed by atoms with Gasteiger partial charge < -0.3 is 14.6 Å². The van der Waals surface area contributed by atoms with E-state index in [0.717, 1.165) is 0 Å². The molecule has 0 amide bonds. The number of ether oxygens (including phenoxy) is 2. The van der Waals surface area contributed by atoms with E-state index in [-0.39, 0.29) is 18.8 Å². The number of hydrogen-bond acceptors (Lipinski definition) is 3. The van der Waals surface area contributed by atoms with Crippen LogP contribution in [0.5, 0.6) is 0 Å². The van der Waals surface area contributed by atoms with Crippen molar-refractivity contribution in [3.05, 3.63) is 0 Å². The first-order valence-corrected chi connectivity index (χ1v) is 3.17. The lowest BCUT2D eigenvalue weighted by Crippen LogP contribution is -2.36. The first kappa shape index (κ1) is 6.99. The Morgan fingerprint density at radius 2 is 2.33 bits per heavy atom. The Labute approximate surface area is 54.6 Å². The Balaban J connectivity index is 2.23. The van der Waals surface area contributed by atoms with Crippen LogP contribution in [0.1, 0.15) is 6.92 Å². The highest BCUT2D eigenvalue weighted by Gasteiger charge is 2.17. The molecule has 54 valence electrons. The molecule has 1 rings (SSSR count). The highest BCUT2D eigenvalue weighted by Crippen LogP contribution is 2.05. The number of rotatable bonds is 1. The van der Waals surface area contributed by atoms with Crippen molar-refractivity contribution < 1.29 is 14.6 Å². The fourth-order valence-electron chi connectivity index (χ4n) is 0.868. The molecule has 1 fully saturated rings. The fraction of sp³-hybridized carbons (Fsp3) is 1.00. The van der Waals surface area contributed by atoms with Crippen LogP contribution in [0.25, 0.3) is 0 Å².